The van der Waals surface area contributed by atoms with Crippen LogP contribution in [-0.4, -0.2) is 13.2 Å². The van der Waals surface area contributed by atoms with Gasteiger partial charge in [0.1, 0.15) is 23.6 Å². The molecule has 0 aliphatic heterocycles. The molecular formula is C28H20N2O2. The third kappa shape index (κ3) is 2.89. The summed E-state index contributed by atoms with van der Waals surface area (Å²) < 4.78 is 11.4. The van der Waals surface area contributed by atoms with E-state index >= 15 is 0 Å². The average molecular weight is 416 g/mol. The monoisotopic (exact) mass is 416 g/mol. The Hall–Kier alpha value is -4.28. The highest BCUT2D eigenvalue weighted by atomic mass is 16.5. The van der Waals surface area contributed by atoms with Crippen LogP contribution >= 0.6 is 0 Å². The van der Waals surface area contributed by atoms with E-state index in [1.165, 1.54) is 0 Å². The van der Waals surface area contributed by atoms with Gasteiger partial charge in [0.2, 0.25) is 0 Å². The van der Waals surface area contributed by atoms with Crippen molar-refractivity contribution in [3.8, 4) is 23.6 Å². The Labute approximate surface area is 185 Å². The van der Waals surface area contributed by atoms with Crippen LogP contribution in [0.4, 0.5) is 0 Å². The van der Waals surface area contributed by atoms with Crippen LogP contribution in [0.2, 0.25) is 0 Å². The topological polar surface area (TPSA) is 66.0 Å². The maximum atomic E-state index is 9.96. The van der Waals surface area contributed by atoms with Gasteiger partial charge in [-0.15, -0.1) is 0 Å². The van der Waals surface area contributed by atoms with E-state index in [2.05, 4.69) is 12.1 Å². The number of ether oxygens (including phenoxy) is 2. The second-order valence-corrected chi connectivity index (χ2v) is 7.58. The normalized spacial score (nSPS) is 11.0. The van der Waals surface area contributed by atoms with Gasteiger partial charge >= 0.3 is 0 Å². The fraction of sp³-hybridized carbons (Fsp3) is 0.143. The van der Waals surface area contributed by atoms with Crippen LogP contribution in [0.5, 0.6) is 11.5 Å². The maximum Gasteiger partial charge on any atom is 0.119 e. The van der Waals surface area contributed by atoms with Gasteiger partial charge in [-0.2, -0.15) is 10.5 Å². The molecule has 154 valence electrons. The summed E-state index contributed by atoms with van der Waals surface area (Å²) in [5, 5.41) is 27.6. The lowest BCUT2D eigenvalue weighted by atomic mass is 9.87. The zero-order valence-corrected chi connectivity index (χ0v) is 17.9. The van der Waals surface area contributed by atoms with Gasteiger partial charge in [0.25, 0.3) is 0 Å². The lowest BCUT2D eigenvalue weighted by Gasteiger charge is -2.15. The Morgan fingerprint density at radius 3 is 1.38 bits per heavy atom. The van der Waals surface area contributed by atoms with Crippen LogP contribution in [0.25, 0.3) is 43.1 Å². The van der Waals surface area contributed by atoms with Crippen molar-refractivity contribution >= 4 is 43.1 Å². The van der Waals surface area contributed by atoms with E-state index < -0.39 is 0 Å². The summed E-state index contributed by atoms with van der Waals surface area (Å²) in [6.45, 7) is 5.12. The molecule has 4 heteroatoms. The second kappa shape index (κ2) is 7.76. The molecule has 0 spiro atoms. The number of hydrogen-bond donors (Lipinski definition) is 0. The van der Waals surface area contributed by atoms with Crippen molar-refractivity contribution in [2.45, 2.75) is 13.8 Å². The Morgan fingerprint density at radius 1 is 0.594 bits per heavy atom. The second-order valence-electron chi connectivity index (χ2n) is 7.58. The molecule has 0 fully saturated rings. The van der Waals surface area contributed by atoms with Crippen molar-refractivity contribution in [3.63, 3.8) is 0 Å². The molecule has 0 heterocycles. The molecule has 4 nitrogen and oxygen atoms in total. The van der Waals surface area contributed by atoms with E-state index in [9.17, 15) is 10.5 Å². The summed E-state index contributed by atoms with van der Waals surface area (Å²) in [6.07, 6.45) is 0. The number of hydrogen-bond acceptors (Lipinski definition) is 4. The van der Waals surface area contributed by atoms with Crippen molar-refractivity contribution in [1.82, 2.24) is 0 Å². The standard InChI is InChI=1S/C28H20N2O2/c1-3-31-19-7-11-21-17(13-19)5-9-23-25(15-29)26(16-30)24-10-6-18-14-20(32-4-2)8-12-22(18)28(24)27(21)23/h5-14H,3-4H2,1-2H3. The third-order valence-corrected chi connectivity index (χ3v) is 5.87. The Morgan fingerprint density at radius 2 is 1.00 bits per heavy atom. The minimum Gasteiger partial charge on any atom is -0.494 e. The van der Waals surface area contributed by atoms with E-state index in [1.807, 2.05) is 74.5 Å². The van der Waals surface area contributed by atoms with Gasteiger partial charge in [-0.1, -0.05) is 36.4 Å². The quantitative estimate of drug-likeness (QED) is 0.301. The van der Waals surface area contributed by atoms with Crippen molar-refractivity contribution in [1.29, 1.82) is 10.5 Å². The lowest BCUT2D eigenvalue weighted by molar-refractivity contribution is 0.340. The van der Waals surface area contributed by atoms with Gasteiger partial charge in [0.05, 0.1) is 24.3 Å². The molecule has 0 aromatic heterocycles. The predicted octanol–water partition coefficient (Wildman–Crippen LogP) is 6.84. The molecule has 0 aliphatic carbocycles. The smallest absolute Gasteiger partial charge is 0.119 e. The predicted molar refractivity (Wildman–Crippen MR) is 128 cm³/mol. The van der Waals surface area contributed by atoms with Gasteiger partial charge in [-0.05, 0) is 70.4 Å². The number of fused-ring (bicyclic) bond motifs is 7. The molecule has 5 rings (SSSR count). The summed E-state index contributed by atoms with van der Waals surface area (Å²) in [7, 11) is 0. The molecule has 0 bridgehead atoms. The van der Waals surface area contributed by atoms with Crippen molar-refractivity contribution in [3.05, 3.63) is 71.8 Å². The lowest BCUT2D eigenvalue weighted by Crippen LogP contribution is -1.95. The van der Waals surface area contributed by atoms with Gasteiger partial charge in [-0.3, -0.25) is 0 Å². The van der Waals surface area contributed by atoms with Crippen LogP contribution in [0.15, 0.2) is 60.7 Å². The van der Waals surface area contributed by atoms with Crippen molar-refractivity contribution in [2.24, 2.45) is 0 Å². The van der Waals surface area contributed by atoms with E-state index in [1.54, 1.807) is 0 Å². The SMILES string of the molecule is CCOc1ccc2c(ccc3c(C#N)c(C#N)c4ccc5cc(OCC)ccc5c4c32)c1. The van der Waals surface area contributed by atoms with Crippen molar-refractivity contribution < 1.29 is 9.47 Å². The van der Waals surface area contributed by atoms with E-state index in [4.69, 9.17) is 9.47 Å². The zero-order chi connectivity index (χ0) is 22.2. The molecule has 0 N–H and O–H groups in total. The molecule has 0 radical (unpaired) electrons. The van der Waals surface area contributed by atoms with Crippen LogP contribution in [-0.2, 0) is 0 Å². The van der Waals surface area contributed by atoms with Crippen molar-refractivity contribution in [2.75, 3.05) is 13.2 Å². The Kier molecular flexibility index (Phi) is 4.77. The summed E-state index contributed by atoms with van der Waals surface area (Å²) in [4.78, 5) is 0. The first-order valence-electron chi connectivity index (χ1n) is 10.6. The zero-order valence-electron chi connectivity index (χ0n) is 17.9. The van der Waals surface area contributed by atoms with Crippen LogP contribution < -0.4 is 9.47 Å². The molecule has 0 saturated heterocycles. The summed E-state index contributed by atoms with van der Waals surface area (Å²) in [5.74, 6) is 1.62. The van der Waals surface area contributed by atoms with Crippen LogP contribution in [0.1, 0.15) is 25.0 Å². The van der Waals surface area contributed by atoms with Crippen LogP contribution in [0, 0.1) is 22.7 Å². The number of nitrogens with zero attached hydrogens (tertiary/aromatic N) is 2. The molecular weight excluding hydrogens is 396 g/mol. The van der Waals surface area contributed by atoms with Gasteiger partial charge in [0, 0.05) is 10.8 Å². The average Bonchev–Trinajstić information content (AvgIpc) is 2.82. The number of nitriles is 2. The Bertz CT molecular complexity index is 1500. The fourth-order valence-electron chi connectivity index (χ4n) is 4.59. The summed E-state index contributed by atoms with van der Waals surface area (Å²) >= 11 is 0. The van der Waals surface area contributed by atoms with Crippen LogP contribution in [0.3, 0.4) is 0 Å². The molecule has 0 saturated carbocycles. The fourth-order valence-corrected chi connectivity index (χ4v) is 4.59. The van der Waals surface area contributed by atoms with Gasteiger partial charge in [-0.25, -0.2) is 0 Å². The van der Waals surface area contributed by atoms with E-state index in [0.717, 1.165) is 54.6 Å². The van der Waals surface area contributed by atoms with E-state index in [0.29, 0.717) is 24.3 Å². The molecule has 0 amide bonds. The first kappa shape index (κ1) is 19.7. The molecule has 5 aromatic rings. The summed E-state index contributed by atoms with van der Waals surface area (Å²) in [6, 6.07) is 24.5. The Balaban J connectivity index is 2.02. The molecule has 5 aromatic carbocycles. The van der Waals surface area contributed by atoms with Gasteiger partial charge in [0.15, 0.2) is 0 Å². The minimum absolute atomic E-state index is 0.413. The molecule has 0 aliphatic rings. The van der Waals surface area contributed by atoms with E-state index in [-0.39, 0.29) is 0 Å². The van der Waals surface area contributed by atoms with Gasteiger partial charge < -0.3 is 9.47 Å². The minimum atomic E-state index is 0.413. The first-order valence-corrected chi connectivity index (χ1v) is 10.6. The summed E-state index contributed by atoms with van der Waals surface area (Å²) in [5.41, 5.74) is 0.826. The highest BCUT2D eigenvalue weighted by molar-refractivity contribution is 6.29. The largest absolute Gasteiger partial charge is 0.494 e. The maximum absolute atomic E-state index is 9.96. The highest BCUT2D eigenvalue weighted by Gasteiger charge is 2.18. The molecule has 32 heavy (non-hydrogen) atoms. The first-order chi connectivity index (χ1) is 15.7. The molecule has 0 atom stereocenters. The number of benzene rings is 5. The highest BCUT2D eigenvalue weighted by Crippen LogP contribution is 2.41. The number of rotatable bonds is 4. The molecule has 0 unspecified atom stereocenters. The third-order valence-electron chi connectivity index (χ3n) is 5.87.